The first-order valence-corrected chi connectivity index (χ1v) is 10.8. The molecule has 7 nitrogen and oxygen atoms in total. The van der Waals surface area contributed by atoms with Gasteiger partial charge in [0.15, 0.2) is 6.79 Å². The van der Waals surface area contributed by atoms with Gasteiger partial charge in [-0.2, -0.15) is 0 Å². The van der Waals surface area contributed by atoms with Crippen LogP contribution in [0.3, 0.4) is 0 Å². The van der Waals surface area contributed by atoms with Crippen LogP contribution in [0.25, 0.3) is 6.08 Å². The third kappa shape index (κ3) is 6.58. The average molecular weight is 464 g/mol. The number of halogens is 2. The summed E-state index contributed by atoms with van der Waals surface area (Å²) in [6.07, 6.45) is 7.34. The zero-order valence-corrected chi connectivity index (χ0v) is 18.8. The van der Waals surface area contributed by atoms with Crippen LogP contribution in [-0.2, 0) is 9.47 Å². The van der Waals surface area contributed by atoms with E-state index in [1.54, 1.807) is 30.5 Å². The normalized spacial score (nSPS) is 17.2. The molecule has 0 spiro atoms. The number of anilines is 1. The van der Waals surface area contributed by atoms with E-state index in [4.69, 9.17) is 25.8 Å². The minimum atomic E-state index is -0.424. The third-order valence-corrected chi connectivity index (χ3v) is 5.12. The minimum Gasteiger partial charge on any atom is -0.501 e. The summed E-state index contributed by atoms with van der Waals surface area (Å²) in [5.41, 5.74) is 1.09. The smallest absolute Gasteiger partial charge is 0.320 e. The molecule has 0 aliphatic heterocycles. The summed E-state index contributed by atoms with van der Waals surface area (Å²) in [5.74, 6) is 0.139. The van der Waals surface area contributed by atoms with Crippen molar-refractivity contribution >= 4 is 29.5 Å². The number of urea groups is 1. The lowest BCUT2D eigenvalue weighted by Crippen LogP contribution is -2.31. The molecule has 32 heavy (non-hydrogen) atoms. The predicted molar refractivity (Wildman–Crippen MR) is 121 cm³/mol. The molecule has 2 atom stereocenters. The number of aromatic nitrogens is 1. The van der Waals surface area contributed by atoms with Gasteiger partial charge in [-0.25, -0.2) is 14.2 Å². The zero-order chi connectivity index (χ0) is 22.9. The maximum Gasteiger partial charge on any atom is 0.320 e. The molecule has 1 fully saturated rings. The Morgan fingerprint density at radius 2 is 2.19 bits per heavy atom. The Kier molecular flexibility index (Phi) is 8.70. The third-order valence-electron chi connectivity index (χ3n) is 4.90. The van der Waals surface area contributed by atoms with Crippen molar-refractivity contribution in [3.8, 4) is 5.75 Å². The van der Waals surface area contributed by atoms with E-state index in [-0.39, 0.29) is 18.8 Å². The van der Waals surface area contributed by atoms with Crippen molar-refractivity contribution in [1.82, 2.24) is 10.3 Å². The van der Waals surface area contributed by atoms with Crippen LogP contribution in [-0.4, -0.2) is 37.6 Å². The van der Waals surface area contributed by atoms with Crippen molar-refractivity contribution in [3.05, 3.63) is 58.7 Å². The Morgan fingerprint density at radius 3 is 2.91 bits per heavy atom. The molecular weight excluding hydrogens is 437 g/mol. The molecule has 2 aromatic rings. The molecule has 1 saturated carbocycles. The summed E-state index contributed by atoms with van der Waals surface area (Å²) >= 11 is 5.80. The van der Waals surface area contributed by atoms with E-state index in [0.29, 0.717) is 40.7 Å². The second-order valence-corrected chi connectivity index (χ2v) is 7.80. The summed E-state index contributed by atoms with van der Waals surface area (Å²) < 4.78 is 31.0. The van der Waals surface area contributed by atoms with Crippen molar-refractivity contribution < 1.29 is 23.4 Å². The molecule has 1 aromatic carbocycles. The van der Waals surface area contributed by atoms with Gasteiger partial charge in [0.2, 0.25) is 0 Å². The molecule has 172 valence electrons. The highest BCUT2D eigenvalue weighted by Gasteiger charge is 2.43. The highest BCUT2D eigenvalue weighted by Crippen LogP contribution is 2.47. The van der Waals surface area contributed by atoms with E-state index >= 15 is 0 Å². The van der Waals surface area contributed by atoms with Gasteiger partial charge in [0.05, 0.1) is 17.9 Å². The number of carbonyl (C=O) groups excluding carboxylic acids is 1. The van der Waals surface area contributed by atoms with Gasteiger partial charge in [0.25, 0.3) is 0 Å². The summed E-state index contributed by atoms with van der Waals surface area (Å²) in [5, 5.41) is 5.96. The first-order chi connectivity index (χ1) is 15.5. The van der Waals surface area contributed by atoms with Crippen molar-refractivity contribution in [3.63, 3.8) is 0 Å². The van der Waals surface area contributed by atoms with Gasteiger partial charge in [-0.05, 0) is 43.2 Å². The average Bonchev–Trinajstić information content (AvgIpc) is 3.52. The zero-order valence-electron chi connectivity index (χ0n) is 18.1. The standard InChI is InChI=1S/C23H27ClFN3O4/c1-3-4-10-31-11-9-15-5-7-18(25)21(22(15)32-14-30-2)17-12-19(17)27-23(29)28-20-8-6-16(24)13-26-20/h5-9,11,13,17,19H,3-4,10,12,14H2,1-2H3,(H2,26,27,28,29)/b11-9-. The maximum atomic E-state index is 14.8. The highest BCUT2D eigenvalue weighted by molar-refractivity contribution is 6.30. The molecule has 2 amide bonds. The van der Waals surface area contributed by atoms with E-state index in [1.165, 1.54) is 19.4 Å². The van der Waals surface area contributed by atoms with Crippen LogP contribution in [0.4, 0.5) is 15.0 Å². The number of methoxy groups -OCH3 is 1. The van der Waals surface area contributed by atoms with E-state index in [1.807, 2.05) is 0 Å². The minimum absolute atomic E-state index is 0.0263. The number of amides is 2. The number of nitrogens with zero attached hydrogens (tertiary/aromatic N) is 1. The highest BCUT2D eigenvalue weighted by atomic mass is 35.5. The number of rotatable bonds is 11. The molecule has 1 aliphatic carbocycles. The number of hydrogen-bond donors (Lipinski definition) is 2. The molecule has 0 bridgehead atoms. The molecule has 0 saturated heterocycles. The summed E-state index contributed by atoms with van der Waals surface area (Å²) in [6, 6.07) is 5.60. The van der Waals surface area contributed by atoms with Gasteiger partial charge in [-0.3, -0.25) is 5.32 Å². The van der Waals surface area contributed by atoms with Crippen LogP contribution in [0.1, 0.15) is 43.2 Å². The first kappa shape index (κ1) is 23.8. The lowest BCUT2D eigenvalue weighted by molar-refractivity contribution is 0.0499. The van der Waals surface area contributed by atoms with Gasteiger partial charge in [0, 0.05) is 36.4 Å². The Balaban J connectivity index is 1.69. The number of ether oxygens (including phenoxy) is 3. The fourth-order valence-electron chi connectivity index (χ4n) is 3.21. The summed E-state index contributed by atoms with van der Waals surface area (Å²) in [4.78, 5) is 16.3. The Labute approximate surface area is 191 Å². The molecule has 1 aliphatic rings. The summed E-state index contributed by atoms with van der Waals surface area (Å²) in [7, 11) is 1.50. The number of hydrogen-bond acceptors (Lipinski definition) is 5. The molecular formula is C23H27ClFN3O4. The molecule has 2 N–H and O–H groups in total. The van der Waals surface area contributed by atoms with Crippen LogP contribution < -0.4 is 15.4 Å². The lowest BCUT2D eigenvalue weighted by Gasteiger charge is -2.15. The molecule has 1 aromatic heterocycles. The number of pyridine rings is 1. The largest absolute Gasteiger partial charge is 0.501 e. The SMILES string of the molecule is CCCCO/C=C\c1ccc(F)c(C2CC2NC(=O)Nc2ccc(Cl)cn2)c1OCOC. The lowest BCUT2D eigenvalue weighted by atomic mass is 10.0. The van der Waals surface area contributed by atoms with Crippen molar-refractivity contribution in [2.24, 2.45) is 0 Å². The Hall–Kier alpha value is -2.84. The number of benzene rings is 1. The van der Waals surface area contributed by atoms with E-state index < -0.39 is 11.8 Å². The first-order valence-electron chi connectivity index (χ1n) is 10.4. The molecule has 3 rings (SSSR count). The van der Waals surface area contributed by atoms with Gasteiger partial charge >= 0.3 is 6.03 Å². The van der Waals surface area contributed by atoms with Crippen LogP contribution in [0.15, 0.2) is 36.7 Å². The fourth-order valence-corrected chi connectivity index (χ4v) is 3.32. The topological polar surface area (TPSA) is 81.7 Å². The van der Waals surface area contributed by atoms with Gasteiger partial charge < -0.3 is 19.5 Å². The molecule has 9 heteroatoms. The molecule has 0 radical (unpaired) electrons. The molecule has 2 unspecified atom stereocenters. The fraction of sp³-hybridized carbons (Fsp3) is 0.391. The number of unbranched alkanes of at least 4 members (excludes halogenated alkanes) is 1. The monoisotopic (exact) mass is 463 g/mol. The Morgan fingerprint density at radius 1 is 1.34 bits per heavy atom. The molecule has 1 heterocycles. The van der Waals surface area contributed by atoms with Crippen molar-refractivity contribution in [1.29, 1.82) is 0 Å². The van der Waals surface area contributed by atoms with E-state index in [9.17, 15) is 9.18 Å². The van der Waals surface area contributed by atoms with Gasteiger partial charge in [-0.15, -0.1) is 0 Å². The van der Waals surface area contributed by atoms with Crippen LogP contribution in [0, 0.1) is 5.82 Å². The van der Waals surface area contributed by atoms with Crippen molar-refractivity contribution in [2.75, 3.05) is 25.8 Å². The second-order valence-electron chi connectivity index (χ2n) is 7.37. The maximum absolute atomic E-state index is 14.8. The van der Waals surface area contributed by atoms with Crippen LogP contribution >= 0.6 is 11.6 Å². The summed E-state index contributed by atoms with van der Waals surface area (Å²) in [6.45, 7) is 2.67. The van der Waals surface area contributed by atoms with Crippen LogP contribution in [0.2, 0.25) is 5.02 Å². The van der Waals surface area contributed by atoms with Crippen LogP contribution in [0.5, 0.6) is 5.75 Å². The van der Waals surface area contributed by atoms with E-state index in [2.05, 4.69) is 22.5 Å². The second kappa shape index (κ2) is 11.7. The van der Waals surface area contributed by atoms with Gasteiger partial charge in [0.1, 0.15) is 17.4 Å². The number of carbonyl (C=O) groups is 1. The Bertz CT molecular complexity index is 940. The predicted octanol–water partition coefficient (Wildman–Crippen LogP) is 5.32. The van der Waals surface area contributed by atoms with Crippen molar-refractivity contribution in [2.45, 2.75) is 38.1 Å². The quantitative estimate of drug-likeness (QED) is 0.268. The van der Waals surface area contributed by atoms with E-state index in [0.717, 1.165) is 12.8 Å². The number of nitrogens with one attached hydrogen (secondary N) is 2. The van der Waals surface area contributed by atoms with Gasteiger partial charge in [-0.1, -0.05) is 24.9 Å².